The van der Waals surface area contributed by atoms with Crippen molar-refractivity contribution in [1.82, 2.24) is 10.6 Å². The lowest BCUT2D eigenvalue weighted by atomic mass is 9.98. The highest BCUT2D eigenvalue weighted by Crippen LogP contribution is 2.44. The number of amides is 2. The predicted octanol–water partition coefficient (Wildman–Crippen LogP) is 3.74. The van der Waals surface area contributed by atoms with E-state index in [1.807, 2.05) is 48.5 Å². The summed E-state index contributed by atoms with van der Waals surface area (Å²) in [6.07, 6.45) is -0.687. The number of carbonyl (C=O) groups is 3. The van der Waals surface area contributed by atoms with E-state index in [1.165, 1.54) is 6.92 Å². The Bertz CT molecular complexity index is 1200. The average molecular weight is 489 g/mol. The normalized spacial score (nSPS) is 12.7. The summed E-state index contributed by atoms with van der Waals surface area (Å²) in [5, 5.41) is 14.7. The summed E-state index contributed by atoms with van der Waals surface area (Å²) in [5.74, 6) is -0.790. The van der Waals surface area contributed by atoms with Crippen LogP contribution in [0.25, 0.3) is 11.1 Å². The molecule has 0 saturated carbocycles. The summed E-state index contributed by atoms with van der Waals surface area (Å²) in [6.45, 7) is 2.25. The van der Waals surface area contributed by atoms with Crippen molar-refractivity contribution in [3.8, 4) is 16.9 Å². The molecule has 186 valence electrons. The van der Waals surface area contributed by atoms with E-state index in [9.17, 15) is 19.5 Å². The number of aliphatic carboxylic acids is 1. The predicted molar refractivity (Wildman–Crippen MR) is 134 cm³/mol. The van der Waals surface area contributed by atoms with Gasteiger partial charge in [0.15, 0.2) is 0 Å². The van der Waals surface area contributed by atoms with E-state index in [2.05, 4.69) is 10.6 Å². The van der Waals surface area contributed by atoms with Crippen molar-refractivity contribution in [3.63, 3.8) is 0 Å². The fourth-order valence-corrected chi connectivity index (χ4v) is 4.34. The van der Waals surface area contributed by atoms with Gasteiger partial charge in [-0.2, -0.15) is 0 Å². The van der Waals surface area contributed by atoms with Crippen molar-refractivity contribution in [1.29, 1.82) is 0 Å². The SMILES string of the molecule is CC(=O)NCCOc1ccc(C[C@H](NC(=O)OCC2c3ccccc3-c3ccccc32)C(=O)O)cc1. The van der Waals surface area contributed by atoms with Crippen molar-refractivity contribution in [2.24, 2.45) is 0 Å². The molecule has 8 heteroatoms. The molecule has 0 spiro atoms. The molecule has 4 rings (SSSR count). The molecule has 0 radical (unpaired) electrons. The largest absolute Gasteiger partial charge is 0.492 e. The molecule has 0 aromatic heterocycles. The van der Waals surface area contributed by atoms with Crippen molar-refractivity contribution >= 4 is 18.0 Å². The van der Waals surface area contributed by atoms with Crippen LogP contribution >= 0.6 is 0 Å². The second-order valence-electron chi connectivity index (χ2n) is 8.54. The van der Waals surface area contributed by atoms with Crippen LogP contribution < -0.4 is 15.4 Å². The number of carboxylic acids is 1. The lowest BCUT2D eigenvalue weighted by Crippen LogP contribution is -2.42. The number of hydrogen-bond donors (Lipinski definition) is 3. The molecule has 2 amide bonds. The van der Waals surface area contributed by atoms with E-state index in [0.717, 1.165) is 27.8 Å². The van der Waals surface area contributed by atoms with E-state index >= 15 is 0 Å². The zero-order chi connectivity index (χ0) is 25.5. The van der Waals surface area contributed by atoms with Gasteiger partial charge >= 0.3 is 12.1 Å². The van der Waals surface area contributed by atoms with Crippen LogP contribution in [0.5, 0.6) is 5.75 Å². The highest BCUT2D eigenvalue weighted by molar-refractivity contribution is 5.81. The van der Waals surface area contributed by atoms with Gasteiger partial charge in [-0.25, -0.2) is 9.59 Å². The molecule has 3 aromatic rings. The van der Waals surface area contributed by atoms with Crippen molar-refractivity contribution < 1.29 is 29.0 Å². The third-order valence-electron chi connectivity index (χ3n) is 6.04. The molecular weight excluding hydrogens is 460 g/mol. The number of benzene rings is 3. The van der Waals surface area contributed by atoms with E-state index in [1.54, 1.807) is 24.3 Å². The van der Waals surface area contributed by atoms with Crippen LogP contribution in [0.1, 0.15) is 29.5 Å². The minimum Gasteiger partial charge on any atom is -0.492 e. The molecule has 1 atom stereocenters. The summed E-state index contributed by atoms with van der Waals surface area (Å²) < 4.78 is 11.0. The van der Waals surface area contributed by atoms with Gasteiger partial charge in [-0.3, -0.25) is 4.79 Å². The maximum Gasteiger partial charge on any atom is 0.407 e. The first-order valence-corrected chi connectivity index (χ1v) is 11.7. The van der Waals surface area contributed by atoms with Gasteiger partial charge in [-0.05, 0) is 39.9 Å². The monoisotopic (exact) mass is 488 g/mol. The van der Waals surface area contributed by atoms with Gasteiger partial charge in [0, 0.05) is 19.3 Å². The minimum absolute atomic E-state index is 0.0890. The Labute approximate surface area is 209 Å². The molecule has 0 fully saturated rings. The molecule has 0 saturated heterocycles. The third-order valence-corrected chi connectivity index (χ3v) is 6.04. The van der Waals surface area contributed by atoms with E-state index in [0.29, 0.717) is 18.9 Å². The zero-order valence-electron chi connectivity index (χ0n) is 19.9. The van der Waals surface area contributed by atoms with Crippen LogP contribution in [-0.4, -0.2) is 48.9 Å². The Balaban J connectivity index is 1.32. The fraction of sp³-hybridized carbons (Fsp3) is 0.250. The summed E-state index contributed by atoms with van der Waals surface area (Å²) in [7, 11) is 0. The maximum absolute atomic E-state index is 12.5. The Morgan fingerprint density at radius 1 is 0.917 bits per heavy atom. The molecule has 0 unspecified atom stereocenters. The van der Waals surface area contributed by atoms with Gasteiger partial charge in [0.2, 0.25) is 5.91 Å². The van der Waals surface area contributed by atoms with Gasteiger partial charge in [0.1, 0.15) is 25.0 Å². The van der Waals surface area contributed by atoms with Crippen molar-refractivity contribution in [3.05, 3.63) is 89.5 Å². The first kappa shape index (κ1) is 24.8. The molecule has 3 N–H and O–H groups in total. The lowest BCUT2D eigenvalue weighted by molar-refractivity contribution is -0.139. The highest BCUT2D eigenvalue weighted by Gasteiger charge is 2.29. The van der Waals surface area contributed by atoms with Gasteiger partial charge < -0.3 is 25.2 Å². The Kier molecular flexibility index (Phi) is 7.85. The van der Waals surface area contributed by atoms with Gasteiger partial charge in [0.05, 0.1) is 6.54 Å². The van der Waals surface area contributed by atoms with E-state index < -0.39 is 18.1 Å². The number of hydrogen-bond acceptors (Lipinski definition) is 5. The topological polar surface area (TPSA) is 114 Å². The molecule has 1 aliphatic carbocycles. The highest BCUT2D eigenvalue weighted by atomic mass is 16.5. The zero-order valence-corrected chi connectivity index (χ0v) is 19.9. The fourth-order valence-electron chi connectivity index (χ4n) is 4.34. The van der Waals surface area contributed by atoms with Crippen LogP contribution in [0, 0.1) is 0 Å². The van der Waals surface area contributed by atoms with Crippen LogP contribution in [0.3, 0.4) is 0 Å². The van der Waals surface area contributed by atoms with Crippen LogP contribution in [0.2, 0.25) is 0 Å². The summed E-state index contributed by atoms with van der Waals surface area (Å²) in [5.41, 5.74) is 5.12. The van der Waals surface area contributed by atoms with E-state index in [4.69, 9.17) is 9.47 Å². The van der Waals surface area contributed by atoms with Crippen LogP contribution in [-0.2, 0) is 20.7 Å². The molecule has 0 bridgehead atoms. The molecular formula is C28H28N2O6. The average Bonchev–Trinajstić information content (AvgIpc) is 3.19. The number of carboxylic acid groups (broad SMARTS) is 1. The lowest BCUT2D eigenvalue weighted by Gasteiger charge is -2.17. The summed E-state index contributed by atoms with van der Waals surface area (Å²) >= 11 is 0. The summed E-state index contributed by atoms with van der Waals surface area (Å²) in [6, 6.07) is 21.8. The quantitative estimate of drug-likeness (QED) is 0.375. The Morgan fingerprint density at radius 3 is 2.11 bits per heavy atom. The number of carbonyl (C=O) groups excluding carboxylic acids is 2. The van der Waals surface area contributed by atoms with E-state index in [-0.39, 0.29) is 24.9 Å². The molecule has 0 aliphatic heterocycles. The number of fused-ring (bicyclic) bond motifs is 3. The maximum atomic E-state index is 12.5. The van der Waals surface area contributed by atoms with Crippen molar-refractivity contribution in [2.45, 2.75) is 25.3 Å². The number of nitrogens with one attached hydrogen (secondary N) is 2. The van der Waals surface area contributed by atoms with Crippen LogP contribution in [0.15, 0.2) is 72.8 Å². The Hall–Kier alpha value is -4.33. The second kappa shape index (κ2) is 11.4. The van der Waals surface area contributed by atoms with Gasteiger partial charge in [-0.1, -0.05) is 60.7 Å². The molecule has 0 heterocycles. The number of rotatable bonds is 10. The standard InChI is InChI=1S/C28H28N2O6/c1-18(31)29-14-15-35-20-12-10-19(11-13-20)16-26(27(32)33)30-28(34)36-17-25-23-8-4-2-6-21(23)22-7-3-5-9-24(22)25/h2-13,25-26H,14-17H2,1H3,(H,29,31)(H,30,34)(H,32,33)/t26-/m0/s1. The van der Waals surface area contributed by atoms with Gasteiger partial charge in [-0.15, -0.1) is 0 Å². The third kappa shape index (κ3) is 6.02. The molecule has 8 nitrogen and oxygen atoms in total. The first-order chi connectivity index (χ1) is 17.4. The molecule has 1 aliphatic rings. The minimum atomic E-state index is -1.15. The Morgan fingerprint density at radius 2 is 1.53 bits per heavy atom. The summed E-state index contributed by atoms with van der Waals surface area (Å²) in [4.78, 5) is 35.2. The number of alkyl carbamates (subject to hydrolysis) is 1. The smallest absolute Gasteiger partial charge is 0.407 e. The molecule has 36 heavy (non-hydrogen) atoms. The van der Waals surface area contributed by atoms with Gasteiger partial charge in [0.25, 0.3) is 0 Å². The number of ether oxygens (including phenoxy) is 2. The van der Waals surface area contributed by atoms with Crippen molar-refractivity contribution in [2.75, 3.05) is 19.8 Å². The van der Waals surface area contributed by atoms with Crippen LogP contribution in [0.4, 0.5) is 4.79 Å². The second-order valence-corrected chi connectivity index (χ2v) is 8.54. The first-order valence-electron chi connectivity index (χ1n) is 11.7. The molecule has 3 aromatic carbocycles.